The third-order valence-electron chi connectivity index (χ3n) is 5.28. The van der Waals surface area contributed by atoms with Crippen molar-refractivity contribution < 1.29 is 14.2 Å². The smallest absolute Gasteiger partial charge is 0.161 e. The van der Waals surface area contributed by atoms with E-state index in [9.17, 15) is 0 Å². The van der Waals surface area contributed by atoms with E-state index in [4.69, 9.17) is 25.8 Å². The van der Waals surface area contributed by atoms with E-state index in [0.29, 0.717) is 16.8 Å². The van der Waals surface area contributed by atoms with Crippen LogP contribution in [0.3, 0.4) is 0 Å². The van der Waals surface area contributed by atoms with Crippen LogP contribution in [-0.4, -0.2) is 51.9 Å². The summed E-state index contributed by atoms with van der Waals surface area (Å²) in [6.45, 7) is 5.19. The number of methoxy groups -OCH3 is 3. The Kier molecular flexibility index (Phi) is 7.05. The SMILES string of the molecule is COc1cc(CC(c2ccc(OC)c(OC)c2)N2CCN[C@H](C)C2)ccc1Cl. The lowest BCUT2D eigenvalue weighted by Crippen LogP contribution is -2.50. The lowest BCUT2D eigenvalue weighted by Gasteiger charge is -2.38. The van der Waals surface area contributed by atoms with Crippen molar-refractivity contribution in [3.05, 3.63) is 52.5 Å². The number of halogens is 1. The van der Waals surface area contributed by atoms with E-state index in [2.05, 4.69) is 35.3 Å². The minimum absolute atomic E-state index is 0.218. The third-order valence-corrected chi connectivity index (χ3v) is 5.59. The number of rotatable bonds is 7. The van der Waals surface area contributed by atoms with Crippen molar-refractivity contribution in [2.24, 2.45) is 0 Å². The number of benzene rings is 2. The number of piperazine rings is 1. The molecule has 1 aliphatic heterocycles. The Balaban J connectivity index is 1.95. The molecule has 2 atom stereocenters. The highest BCUT2D eigenvalue weighted by Gasteiger charge is 2.26. The summed E-state index contributed by atoms with van der Waals surface area (Å²) in [5.41, 5.74) is 2.40. The summed E-state index contributed by atoms with van der Waals surface area (Å²) in [5, 5.41) is 4.15. The first-order valence-electron chi connectivity index (χ1n) is 9.57. The topological polar surface area (TPSA) is 43.0 Å². The molecule has 28 heavy (non-hydrogen) atoms. The van der Waals surface area contributed by atoms with Crippen molar-refractivity contribution >= 4 is 11.6 Å². The van der Waals surface area contributed by atoms with E-state index < -0.39 is 0 Å². The van der Waals surface area contributed by atoms with Gasteiger partial charge in [0.2, 0.25) is 0 Å². The summed E-state index contributed by atoms with van der Waals surface area (Å²) in [5.74, 6) is 2.20. The van der Waals surface area contributed by atoms with E-state index in [-0.39, 0.29) is 6.04 Å². The summed E-state index contributed by atoms with van der Waals surface area (Å²) in [6, 6.07) is 12.9. The lowest BCUT2D eigenvalue weighted by molar-refractivity contribution is 0.147. The molecule has 2 aromatic carbocycles. The monoisotopic (exact) mass is 404 g/mol. The van der Waals surface area contributed by atoms with E-state index in [1.165, 1.54) is 11.1 Å². The highest BCUT2D eigenvalue weighted by molar-refractivity contribution is 6.32. The van der Waals surface area contributed by atoms with Crippen molar-refractivity contribution in [3.8, 4) is 17.2 Å². The number of hydrogen-bond acceptors (Lipinski definition) is 5. The summed E-state index contributed by atoms with van der Waals surface area (Å²) >= 11 is 6.22. The molecule has 152 valence electrons. The molecule has 5 nitrogen and oxygen atoms in total. The van der Waals surface area contributed by atoms with Gasteiger partial charge in [0, 0.05) is 31.7 Å². The zero-order chi connectivity index (χ0) is 20.1. The minimum atomic E-state index is 0.218. The van der Waals surface area contributed by atoms with Crippen molar-refractivity contribution in [2.75, 3.05) is 41.0 Å². The zero-order valence-corrected chi connectivity index (χ0v) is 17.8. The van der Waals surface area contributed by atoms with Gasteiger partial charge in [-0.15, -0.1) is 0 Å². The normalized spacial score (nSPS) is 18.5. The second-order valence-corrected chi connectivity index (χ2v) is 7.56. The molecule has 1 saturated heterocycles. The highest BCUT2D eigenvalue weighted by Crippen LogP contribution is 2.35. The Labute approximate surface area is 172 Å². The molecule has 1 unspecified atom stereocenters. The van der Waals surface area contributed by atoms with Gasteiger partial charge in [-0.3, -0.25) is 4.90 Å². The van der Waals surface area contributed by atoms with Crippen LogP contribution in [0.15, 0.2) is 36.4 Å². The predicted octanol–water partition coefficient (Wildman–Crippen LogP) is 3.94. The second kappa shape index (κ2) is 9.50. The fraction of sp³-hybridized carbons (Fsp3) is 0.455. The molecule has 1 N–H and O–H groups in total. The molecule has 0 saturated carbocycles. The summed E-state index contributed by atoms with van der Waals surface area (Å²) in [7, 11) is 4.98. The molecule has 0 spiro atoms. The average molecular weight is 405 g/mol. The van der Waals surface area contributed by atoms with Gasteiger partial charge in [0.05, 0.1) is 26.4 Å². The summed E-state index contributed by atoms with van der Waals surface area (Å²) in [6.07, 6.45) is 0.857. The van der Waals surface area contributed by atoms with Gasteiger partial charge in [0.25, 0.3) is 0 Å². The van der Waals surface area contributed by atoms with Crippen molar-refractivity contribution in [3.63, 3.8) is 0 Å². The molecule has 1 aliphatic rings. The molecule has 0 bridgehead atoms. The second-order valence-electron chi connectivity index (χ2n) is 7.15. The van der Waals surface area contributed by atoms with E-state index in [1.54, 1.807) is 21.3 Å². The third kappa shape index (κ3) is 4.72. The number of nitrogens with one attached hydrogen (secondary N) is 1. The number of hydrogen-bond donors (Lipinski definition) is 1. The Morgan fingerprint density at radius 2 is 1.79 bits per heavy atom. The molecule has 1 fully saturated rings. The van der Waals surface area contributed by atoms with E-state index in [1.807, 2.05) is 18.2 Å². The highest BCUT2D eigenvalue weighted by atomic mass is 35.5. The molecule has 0 aliphatic carbocycles. The van der Waals surface area contributed by atoms with Crippen LogP contribution in [0.4, 0.5) is 0 Å². The van der Waals surface area contributed by atoms with Gasteiger partial charge < -0.3 is 19.5 Å². The fourth-order valence-corrected chi connectivity index (χ4v) is 4.01. The maximum atomic E-state index is 6.22. The zero-order valence-electron chi connectivity index (χ0n) is 17.0. The molecule has 6 heteroatoms. The first kappa shape index (κ1) is 20.8. The van der Waals surface area contributed by atoms with Gasteiger partial charge in [0.1, 0.15) is 5.75 Å². The number of ether oxygens (including phenoxy) is 3. The minimum Gasteiger partial charge on any atom is -0.495 e. The van der Waals surface area contributed by atoms with Crippen LogP contribution in [0.1, 0.15) is 24.1 Å². The van der Waals surface area contributed by atoms with Crippen LogP contribution < -0.4 is 19.5 Å². The standard InChI is InChI=1S/C22H29ClN2O3/c1-15-14-25(10-9-24-15)19(11-16-5-7-18(23)21(12-16)27-3)17-6-8-20(26-2)22(13-17)28-4/h5-8,12-13,15,19,24H,9-11,14H2,1-4H3/t15-,19?/m1/s1. The van der Waals surface area contributed by atoms with Crippen LogP contribution in [0.5, 0.6) is 17.2 Å². The van der Waals surface area contributed by atoms with Gasteiger partial charge in [-0.1, -0.05) is 23.7 Å². The van der Waals surface area contributed by atoms with E-state index in [0.717, 1.165) is 37.6 Å². The molecule has 2 aromatic rings. The fourth-order valence-electron chi connectivity index (χ4n) is 3.82. The lowest BCUT2D eigenvalue weighted by atomic mass is 9.95. The van der Waals surface area contributed by atoms with Crippen LogP contribution in [0.2, 0.25) is 5.02 Å². The van der Waals surface area contributed by atoms with Gasteiger partial charge in [0.15, 0.2) is 11.5 Å². The molecule has 0 amide bonds. The quantitative estimate of drug-likeness (QED) is 0.757. The van der Waals surface area contributed by atoms with Crippen LogP contribution >= 0.6 is 11.6 Å². The van der Waals surface area contributed by atoms with Gasteiger partial charge in [-0.25, -0.2) is 0 Å². The van der Waals surface area contributed by atoms with Gasteiger partial charge in [-0.05, 0) is 48.7 Å². The van der Waals surface area contributed by atoms with E-state index >= 15 is 0 Å². The Morgan fingerprint density at radius 1 is 1.04 bits per heavy atom. The van der Waals surface area contributed by atoms with Gasteiger partial charge >= 0.3 is 0 Å². The first-order valence-corrected chi connectivity index (χ1v) is 9.95. The van der Waals surface area contributed by atoms with Crippen LogP contribution in [-0.2, 0) is 6.42 Å². The molecular formula is C22H29ClN2O3. The molecule has 1 heterocycles. The largest absolute Gasteiger partial charge is 0.495 e. The average Bonchev–Trinajstić information content (AvgIpc) is 2.72. The first-order chi connectivity index (χ1) is 13.5. The maximum Gasteiger partial charge on any atom is 0.161 e. The summed E-state index contributed by atoms with van der Waals surface area (Å²) < 4.78 is 16.4. The molecule has 0 aromatic heterocycles. The molecular weight excluding hydrogens is 376 g/mol. The Bertz CT molecular complexity index is 799. The Morgan fingerprint density at radius 3 is 2.46 bits per heavy atom. The van der Waals surface area contributed by atoms with Crippen molar-refractivity contribution in [1.82, 2.24) is 10.2 Å². The maximum absolute atomic E-state index is 6.22. The molecule has 0 radical (unpaired) electrons. The van der Waals surface area contributed by atoms with Crippen LogP contribution in [0, 0.1) is 0 Å². The Hall–Kier alpha value is -1.95. The summed E-state index contributed by atoms with van der Waals surface area (Å²) in [4.78, 5) is 2.53. The van der Waals surface area contributed by atoms with Crippen molar-refractivity contribution in [2.45, 2.75) is 25.4 Å². The predicted molar refractivity (Wildman–Crippen MR) is 113 cm³/mol. The molecule has 3 rings (SSSR count). The van der Waals surface area contributed by atoms with Crippen LogP contribution in [0.25, 0.3) is 0 Å². The van der Waals surface area contributed by atoms with Crippen molar-refractivity contribution in [1.29, 1.82) is 0 Å². The number of nitrogens with zero attached hydrogens (tertiary/aromatic N) is 1. The van der Waals surface area contributed by atoms with Gasteiger partial charge in [-0.2, -0.15) is 0 Å².